The van der Waals surface area contributed by atoms with Gasteiger partial charge in [0, 0.05) is 29.9 Å². The van der Waals surface area contributed by atoms with Crippen LogP contribution in [0.15, 0.2) is 53.6 Å². The molecule has 1 aliphatic carbocycles. The van der Waals surface area contributed by atoms with Crippen molar-refractivity contribution in [2.45, 2.75) is 31.4 Å². The van der Waals surface area contributed by atoms with Crippen LogP contribution in [-0.4, -0.2) is 33.1 Å². The van der Waals surface area contributed by atoms with Gasteiger partial charge in [-0.2, -0.15) is 0 Å². The van der Waals surface area contributed by atoms with Gasteiger partial charge in [0.1, 0.15) is 11.5 Å². The summed E-state index contributed by atoms with van der Waals surface area (Å²) in [6.07, 6.45) is 4.83. The minimum atomic E-state index is -0.584. The molecule has 1 aliphatic rings. The highest BCUT2D eigenvalue weighted by molar-refractivity contribution is 5.95. The van der Waals surface area contributed by atoms with E-state index in [4.69, 9.17) is 0 Å². The molecule has 1 fully saturated rings. The maximum Gasteiger partial charge on any atom is 0.268 e. The highest BCUT2D eigenvalue weighted by Crippen LogP contribution is 2.31. The number of amides is 1. The van der Waals surface area contributed by atoms with Gasteiger partial charge >= 0.3 is 0 Å². The molecule has 0 aliphatic heterocycles. The maximum atomic E-state index is 14.1. The molecule has 3 N–H and O–H groups in total. The molecule has 0 saturated heterocycles. The Kier molecular flexibility index (Phi) is 4.92. The van der Waals surface area contributed by atoms with Crippen molar-refractivity contribution in [1.29, 1.82) is 0 Å². The van der Waals surface area contributed by atoms with Gasteiger partial charge in [-0.25, -0.2) is 4.39 Å². The third-order valence-corrected chi connectivity index (χ3v) is 5.30. The van der Waals surface area contributed by atoms with E-state index in [1.807, 2.05) is 12.1 Å². The number of rotatable bonds is 5. The van der Waals surface area contributed by atoms with Gasteiger partial charge in [-0.3, -0.25) is 14.6 Å². The Morgan fingerprint density at radius 3 is 2.75 bits per heavy atom. The van der Waals surface area contributed by atoms with E-state index in [1.165, 1.54) is 24.3 Å². The second kappa shape index (κ2) is 7.52. The summed E-state index contributed by atoms with van der Waals surface area (Å²) < 4.78 is 14.1. The number of nitrogens with one attached hydrogen (secondary N) is 2. The Bertz CT molecular complexity index is 1060. The SMILES string of the molecule is O=C(N[C@H](Cc1ccncc1)C1CC(O)C1)c1cc(=O)c2cccc(F)c2[nH]1. The van der Waals surface area contributed by atoms with Crippen molar-refractivity contribution < 1.29 is 14.3 Å². The number of hydrogen-bond acceptors (Lipinski definition) is 4. The van der Waals surface area contributed by atoms with Crippen molar-refractivity contribution in [3.05, 3.63) is 76.1 Å². The van der Waals surface area contributed by atoms with E-state index in [-0.39, 0.29) is 34.7 Å². The van der Waals surface area contributed by atoms with Crippen LogP contribution in [0.3, 0.4) is 0 Å². The molecule has 7 heteroatoms. The topological polar surface area (TPSA) is 95.1 Å². The first-order valence-corrected chi connectivity index (χ1v) is 9.20. The Labute approximate surface area is 160 Å². The van der Waals surface area contributed by atoms with Crippen molar-refractivity contribution in [1.82, 2.24) is 15.3 Å². The molecule has 0 bridgehead atoms. The van der Waals surface area contributed by atoms with Gasteiger partial charge in [-0.15, -0.1) is 0 Å². The zero-order chi connectivity index (χ0) is 19.7. The quantitative estimate of drug-likeness (QED) is 0.631. The smallest absolute Gasteiger partial charge is 0.268 e. The number of hydrogen-bond donors (Lipinski definition) is 3. The molecular weight excluding hydrogens is 361 g/mol. The van der Waals surface area contributed by atoms with E-state index < -0.39 is 17.2 Å². The number of H-pyrrole nitrogens is 1. The predicted molar refractivity (Wildman–Crippen MR) is 102 cm³/mol. The Hall–Kier alpha value is -3.06. The summed E-state index contributed by atoms with van der Waals surface area (Å²) in [4.78, 5) is 31.8. The van der Waals surface area contributed by atoms with Crippen molar-refractivity contribution in [3.63, 3.8) is 0 Å². The summed E-state index contributed by atoms with van der Waals surface area (Å²) >= 11 is 0. The number of aliphatic hydroxyl groups is 1. The van der Waals surface area contributed by atoms with Gasteiger partial charge in [0.15, 0.2) is 5.43 Å². The first-order chi connectivity index (χ1) is 13.5. The van der Waals surface area contributed by atoms with Crippen LogP contribution in [0.4, 0.5) is 4.39 Å². The van der Waals surface area contributed by atoms with Gasteiger partial charge in [-0.1, -0.05) is 6.07 Å². The lowest BCUT2D eigenvalue weighted by Crippen LogP contribution is -2.48. The normalized spacial score (nSPS) is 19.8. The van der Waals surface area contributed by atoms with Crippen molar-refractivity contribution in [3.8, 4) is 0 Å². The number of aromatic nitrogens is 2. The lowest BCUT2D eigenvalue weighted by molar-refractivity contribution is 0.0239. The van der Waals surface area contributed by atoms with E-state index in [0.717, 1.165) is 5.56 Å². The maximum absolute atomic E-state index is 14.1. The number of para-hydroxylation sites is 1. The number of nitrogens with zero attached hydrogens (tertiary/aromatic N) is 1. The van der Waals surface area contributed by atoms with Crippen LogP contribution in [0.1, 0.15) is 28.9 Å². The Morgan fingerprint density at radius 1 is 1.29 bits per heavy atom. The number of fused-ring (bicyclic) bond motifs is 1. The molecule has 0 unspecified atom stereocenters. The minimum absolute atomic E-state index is 0.0159. The second-order valence-electron chi connectivity index (χ2n) is 7.23. The summed E-state index contributed by atoms with van der Waals surface area (Å²) in [5.41, 5.74) is 0.634. The molecule has 2 heterocycles. The Morgan fingerprint density at radius 2 is 2.04 bits per heavy atom. The van der Waals surface area contributed by atoms with E-state index >= 15 is 0 Å². The van der Waals surface area contributed by atoms with Crippen LogP contribution in [0.25, 0.3) is 10.9 Å². The van der Waals surface area contributed by atoms with Gasteiger partial charge in [0.25, 0.3) is 5.91 Å². The molecule has 6 nitrogen and oxygen atoms in total. The van der Waals surface area contributed by atoms with E-state index in [9.17, 15) is 19.1 Å². The average molecular weight is 381 g/mol. The van der Waals surface area contributed by atoms with Crippen LogP contribution < -0.4 is 10.7 Å². The van der Waals surface area contributed by atoms with Crippen LogP contribution >= 0.6 is 0 Å². The number of carbonyl (C=O) groups is 1. The van der Waals surface area contributed by atoms with Gasteiger partial charge < -0.3 is 15.4 Å². The largest absolute Gasteiger partial charge is 0.393 e. The predicted octanol–water partition coefficient (Wildman–Crippen LogP) is 2.17. The summed E-state index contributed by atoms with van der Waals surface area (Å²) in [6, 6.07) is 8.94. The van der Waals surface area contributed by atoms with Crippen molar-refractivity contribution in [2.75, 3.05) is 0 Å². The molecule has 1 saturated carbocycles. The van der Waals surface area contributed by atoms with E-state index in [1.54, 1.807) is 12.4 Å². The first-order valence-electron chi connectivity index (χ1n) is 9.20. The van der Waals surface area contributed by atoms with Crippen LogP contribution in [0.5, 0.6) is 0 Å². The number of pyridine rings is 2. The minimum Gasteiger partial charge on any atom is -0.393 e. The lowest BCUT2D eigenvalue weighted by Gasteiger charge is -2.38. The summed E-state index contributed by atoms with van der Waals surface area (Å²) in [6.45, 7) is 0. The molecule has 0 spiro atoms. The van der Waals surface area contributed by atoms with Gasteiger partial charge in [0.05, 0.1) is 11.6 Å². The molecule has 28 heavy (non-hydrogen) atoms. The summed E-state index contributed by atoms with van der Waals surface area (Å²) in [7, 11) is 0. The molecule has 2 aromatic heterocycles. The molecular formula is C21H20FN3O3. The average Bonchev–Trinajstić information content (AvgIpc) is 2.66. The van der Waals surface area contributed by atoms with Crippen molar-refractivity contribution in [2.24, 2.45) is 5.92 Å². The third-order valence-electron chi connectivity index (χ3n) is 5.30. The molecule has 1 atom stereocenters. The fourth-order valence-corrected chi connectivity index (χ4v) is 3.67. The number of halogens is 1. The molecule has 3 aromatic rings. The van der Waals surface area contributed by atoms with Crippen LogP contribution in [0, 0.1) is 11.7 Å². The van der Waals surface area contributed by atoms with Crippen molar-refractivity contribution >= 4 is 16.8 Å². The first kappa shape index (κ1) is 18.3. The fraction of sp³-hybridized carbons (Fsp3) is 0.286. The van der Waals surface area contributed by atoms with Gasteiger partial charge in [-0.05, 0) is 55.0 Å². The summed E-state index contributed by atoms with van der Waals surface area (Å²) in [5.74, 6) is -0.918. The molecule has 144 valence electrons. The fourth-order valence-electron chi connectivity index (χ4n) is 3.67. The standard InChI is InChI=1S/C21H20FN3O3/c22-16-3-1-2-15-19(27)11-18(24-20(15)16)21(28)25-17(13-9-14(26)10-13)8-12-4-6-23-7-5-12/h1-7,11,13-14,17,26H,8-10H2,(H,24,27)(H,25,28)/t13?,14?,17-/m1/s1. The monoisotopic (exact) mass is 381 g/mol. The van der Waals surface area contributed by atoms with Gasteiger partial charge in [0.2, 0.25) is 0 Å². The van der Waals surface area contributed by atoms with Crippen LogP contribution in [-0.2, 0) is 6.42 Å². The van der Waals surface area contributed by atoms with Crippen LogP contribution in [0.2, 0.25) is 0 Å². The molecule has 0 radical (unpaired) electrons. The number of benzene rings is 1. The second-order valence-corrected chi connectivity index (χ2v) is 7.23. The third kappa shape index (κ3) is 3.66. The van der Waals surface area contributed by atoms with E-state index in [0.29, 0.717) is 19.3 Å². The molecule has 1 aromatic carbocycles. The highest BCUT2D eigenvalue weighted by atomic mass is 19.1. The zero-order valence-electron chi connectivity index (χ0n) is 15.1. The molecule has 1 amide bonds. The van der Waals surface area contributed by atoms with E-state index in [2.05, 4.69) is 15.3 Å². The summed E-state index contributed by atoms with van der Waals surface area (Å²) in [5, 5.41) is 12.8. The zero-order valence-corrected chi connectivity index (χ0v) is 15.1. The number of aliphatic hydroxyl groups excluding tert-OH is 1. The number of carbonyl (C=O) groups excluding carboxylic acids is 1. The Balaban J connectivity index is 1.60. The lowest BCUT2D eigenvalue weighted by atomic mass is 9.75. The highest BCUT2D eigenvalue weighted by Gasteiger charge is 2.35. The molecule has 4 rings (SSSR count). The number of aromatic amines is 1.